The van der Waals surface area contributed by atoms with Crippen molar-refractivity contribution < 1.29 is 19.4 Å². The van der Waals surface area contributed by atoms with E-state index in [0.29, 0.717) is 41.6 Å². The minimum Gasteiger partial charge on any atom is -0.494 e. The Labute approximate surface area is 223 Å². The minimum atomic E-state index is -0.731. The Morgan fingerprint density at radius 2 is 1.97 bits per heavy atom. The van der Waals surface area contributed by atoms with Gasteiger partial charge in [-0.25, -0.2) is 4.98 Å². The van der Waals surface area contributed by atoms with Gasteiger partial charge in [-0.2, -0.15) is 5.10 Å². The number of likely N-dealkylation sites (tertiary alicyclic amines) is 1. The van der Waals surface area contributed by atoms with Crippen LogP contribution >= 0.6 is 0 Å². The number of anilines is 2. The van der Waals surface area contributed by atoms with Crippen molar-refractivity contribution in [1.82, 2.24) is 19.7 Å². The highest BCUT2D eigenvalue weighted by atomic mass is 16.5. The van der Waals surface area contributed by atoms with Gasteiger partial charge in [0.25, 0.3) is 5.91 Å². The Balaban J connectivity index is 1.44. The van der Waals surface area contributed by atoms with Crippen LogP contribution in [-0.4, -0.2) is 68.9 Å². The van der Waals surface area contributed by atoms with Crippen LogP contribution in [0.3, 0.4) is 0 Å². The number of aromatic nitrogens is 3. The highest BCUT2D eigenvalue weighted by Crippen LogP contribution is 2.31. The molecule has 3 N–H and O–H groups in total. The van der Waals surface area contributed by atoms with Gasteiger partial charge in [0.05, 0.1) is 23.9 Å². The summed E-state index contributed by atoms with van der Waals surface area (Å²) in [6.45, 7) is 7.94. The fourth-order valence-electron chi connectivity index (χ4n) is 4.76. The van der Waals surface area contributed by atoms with Crippen LogP contribution in [0.1, 0.15) is 56.9 Å². The van der Waals surface area contributed by atoms with E-state index in [4.69, 9.17) is 4.74 Å². The molecule has 0 spiro atoms. The van der Waals surface area contributed by atoms with Crippen LogP contribution in [-0.2, 0) is 11.3 Å². The van der Waals surface area contributed by atoms with Gasteiger partial charge in [-0.15, -0.1) is 0 Å². The second kappa shape index (κ2) is 11.8. The number of hydrogen-bond acceptors (Lipinski definition) is 7. The first kappa shape index (κ1) is 27.4. The van der Waals surface area contributed by atoms with Crippen LogP contribution in [0.4, 0.5) is 11.5 Å². The fraction of sp³-hybridized carbons (Fsp3) is 0.500. The molecule has 3 heterocycles. The van der Waals surface area contributed by atoms with E-state index in [2.05, 4.69) is 27.6 Å². The lowest BCUT2D eigenvalue weighted by Gasteiger charge is -2.37. The van der Waals surface area contributed by atoms with Gasteiger partial charge >= 0.3 is 0 Å². The second-order valence-corrected chi connectivity index (χ2v) is 10.4. The number of rotatable bonds is 10. The number of methoxy groups -OCH3 is 1. The van der Waals surface area contributed by atoms with E-state index < -0.39 is 5.60 Å². The lowest BCUT2D eigenvalue weighted by atomic mass is 9.83. The predicted octanol–water partition coefficient (Wildman–Crippen LogP) is 3.91. The molecule has 1 aliphatic heterocycles. The summed E-state index contributed by atoms with van der Waals surface area (Å²) in [4.78, 5) is 32.1. The van der Waals surface area contributed by atoms with Crippen molar-refractivity contribution in [1.29, 1.82) is 0 Å². The number of hydrogen-bond donors (Lipinski definition) is 3. The average molecular weight is 523 g/mol. The third kappa shape index (κ3) is 6.61. The molecule has 0 atom stereocenters. The largest absolute Gasteiger partial charge is 0.494 e. The van der Waals surface area contributed by atoms with Crippen molar-refractivity contribution >= 4 is 34.2 Å². The molecule has 0 aliphatic carbocycles. The number of pyridine rings is 1. The first-order valence-electron chi connectivity index (χ1n) is 13.3. The smallest absolute Gasteiger partial charge is 0.274 e. The van der Waals surface area contributed by atoms with E-state index in [-0.39, 0.29) is 24.3 Å². The average Bonchev–Trinajstić information content (AvgIpc) is 3.29. The number of nitrogens with zero attached hydrogens (tertiary/aromatic N) is 4. The number of unbranched alkanes of at least 4 members (excludes halogenated alkanes) is 1. The van der Waals surface area contributed by atoms with Crippen LogP contribution < -0.4 is 15.4 Å². The molecule has 1 saturated heterocycles. The van der Waals surface area contributed by atoms with Crippen LogP contribution in [0.2, 0.25) is 0 Å². The van der Waals surface area contributed by atoms with Crippen molar-refractivity contribution in [2.45, 2.75) is 58.6 Å². The summed E-state index contributed by atoms with van der Waals surface area (Å²) in [7, 11) is 1.53. The summed E-state index contributed by atoms with van der Waals surface area (Å²) in [5, 5.41) is 21.7. The summed E-state index contributed by atoms with van der Waals surface area (Å²) in [6, 6.07) is 8.84. The van der Waals surface area contributed by atoms with Crippen LogP contribution in [0.25, 0.3) is 10.9 Å². The Hall–Kier alpha value is -3.66. The van der Waals surface area contributed by atoms with E-state index >= 15 is 0 Å². The summed E-state index contributed by atoms with van der Waals surface area (Å²) >= 11 is 0. The molecule has 0 radical (unpaired) electrons. The molecule has 204 valence electrons. The molecule has 1 aromatic carbocycles. The second-order valence-electron chi connectivity index (χ2n) is 10.4. The maximum absolute atomic E-state index is 13.0. The van der Waals surface area contributed by atoms with Gasteiger partial charge in [0, 0.05) is 37.3 Å². The summed E-state index contributed by atoms with van der Waals surface area (Å²) in [5.74, 6) is 0.955. The van der Waals surface area contributed by atoms with Gasteiger partial charge in [0.2, 0.25) is 5.91 Å². The Kier molecular flexibility index (Phi) is 8.51. The molecule has 38 heavy (non-hydrogen) atoms. The zero-order chi connectivity index (χ0) is 27.3. The fourth-order valence-corrected chi connectivity index (χ4v) is 4.76. The van der Waals surface area contributed by atoms with Crippen LogP contribution in [0.5, 0.6) is 5.75 Å². The van der Waals surface area contributed by atoms with E-state index in [0.717, 1.165) is 37.6 Å². The van der Waals surface area contributed by atoms with Gasteiger partial charge in [-0.05, 0) is 57.2 Å². The van der Waals surface area contributed by atoms with E-state index in [1.807, 2.05) is 24.8 Å². The van der Waals surface area contributed by atoms with E-state index in [1.165, 1.54) is 7.11 Å². The molecule has 0 bridgehead atoms. The number of fused-ring (bicyclic) bond motifs is 1. The van der Waals surface area contributed by atoms with Gasteiger partial charge in [-0.3, -0.25) is 14.3 Å². The number of piperidine rings is 1. The molecule has 1 aliphatic rings. The first-order valence-corrected chi connectivity index (χ1v) is 13.3. The van der Waals surface area contributed by atoms with Gasteiger partial charge < -0.3 is 25.4 Å². The van der Waals surface area contributed by atoms with E-state index in [9.17, 15) is 14.7 Å². The van der Waals surface area contributed by atoms with Crippen molar-refractivity contribution in [3.05, 3.63) is 42.2 Å². The third-order valence-electron chi connectivity index (χ3n) is 7.08. The Morgan fingerprint density at radius 1 is 1.21 bits per heavy atom. The lowest BCUT2D eigenvalue weighted by Crippen LogP contribution is -2.45. The highest BCUT2D eigenvalue weighted by Gasteiger charge is 2.32. The molecule has 10 nitrogen and oxygen atoms in total. The highest BCUT2D eigenvalue weighted by molar-refractivity contribution is 6.05. The summed E-state index contributed by atoms with van der Waals surface area (Å²) < 4.78 is 7.13. The lowest BCUT2D eigenvalue weighted by molar-refractivity contribution is -0.134. The zero-order valence-corrected chi connectivity index (χ0v) is 22.7. The topological polar surface area (TPSA) is 122 Å². The molecule has 0 unspecified atom stereocenters. The summed E-state index contributed by atoms with van der Waals surface area (Å²) in [6.07, 6.45) is 5.45. The molecule has 4 rings (SSSR count). The van der Waals surface area contributed by atoms with Gasteiger partial charge in [0.1, 0.15) is 23.8 Å². The molecule has 1 fully saturated rings. The molecule has 3 aromatic rings. The molecule has 2 amide bonds. The minimum absolute atomic E-state index is 0.00834. The zero-order valence-electron chi connectivity index (χ0n) is 22.7. The quantitative estimate of drug-likeness (QED) is 0.345. The normalized spacial score (nSPS) is 14.5. The maximum Gasteiger partial charge on any atom is 0.274 e. The van der Waals surface area contributed by atoms with Crippen molar-refractivity contribution in [3.8, 4) is 5.75 Å². The molecular weight excluding hydrogens is 484 g/mol. The predicted molar refractivity (Wildman–Crippen MR) is 147 cm³/mol. The number of ether oxygens (including phenoxy) is 1. The van der Waals surface area contributed by atoms with Crippen molar-refractivity contribution in [3.63, 3.8) is 0 Å². The molecule has 0 saturated carbocycles. The number of carbonyl (C=O) groups excluding carboxylic acids is 2. The first-order chi connectivity index (χ1) is 18.2. The van der Waals surface area contributed by atoms with E-state index in [1.54, 1.807) is 35.1 Å². The standard InChI is InChI=1S/C28H38N6O4/c1-5-6-12-29-25-9-7-8-21(30-25)27(36)31-23-15-19-17-34(32-22(19)16-24(23)38-4)18-26(35)33-13-10-20(11-14-33)28(2,3)37/h7-9,15-17,20,37H,5-6,10-14,18H2,1-4H3,(H,29,30)(H,31,36). The Morgan fingerprint density at radius 3 is 2.66 bits per heavy atom. The molecule has 2 aromatic heterocycles. The van der Waals surface area contributed by atoms with Crippen molar-refractivity contribution in [2.24, 2.45) is 5.92 Å². The molecule has 10 heteroatoms. The van der Waals surface area contributed by atoms with Crippen LogP contribution in [0.15, 0.2) is 36.5 Å². The summed E-state index contributed by atoms with van der Waals surface area (Å²) in [5.41, 5.74) is 0.721. The Bertz CT molecular complexity index is 1270. The third-order valence-corrected chi connectivity index (χ3v) is 7.08. The monoisotopic (exact) mass is 522 g/mol. The van der Waals surface area contributed by atoms with Gasteiger partial charge in [0.15, 0.2) is 0 Å². The number of amides is 2. The molecular formula is C28H38N6O4. The van der Waals surface area contributed by atoms with Gasteiger partial charge in [-0.1, -0.05) is 19.4 Å². The number of aliphatic hydroxyl groups is 1. The number of nitrogens with one attached hydrogen (secondary N) is 2. The number of benzene rings is 1. The maximum atomic E-state index is 13.0. The van der Waals surface area contributed by atoms with Crippen molar-refractivity contribution in [2.75, 3.05) is 37.4 Å². The SMILES string of the molecule is CCCCNc1cccc(C(=O)Nc2cc3cn(CC(=O)N4CCC(C(C)(C)O)CC4)nc3cc2OC)n1. The number of carbonyl (C=O) groups is 2. The van der Waals surface area contributed by atoms with Crippen LogP contribution in [0, 0.1) is 5.92 Å².